The number of anilines is 1. The summed E-state index contributed by atoms with van der Waals surface area (Å²) in [6.07, 6.45) is -2.60. The summed E-state index contributed by atoms with van der Waals surface area (Å²) < 4.78 is 38.3. The van der Waals surface area contributed by atoms with E-state index in [0.29, 0.717) is 13.0 Å². The highest BCUT2D eigenvalue weighted by atomic mass is 32.1. The standard InChI is InChI=1S/C8H8F3N7OS/c9-8(10,11)6-14-15-7(20-6)13-5(19)2-1-3-18-4-12-16-17-18/h4H,1-3H2,(H,13,15,19). The van der Waals surface area contributed by atoms with E-state index in [1.807, 2.05) is 0 Å². The van der Waals surface area contributed by atoms with Gasteiger partial charge < -0.3 is 5.32 Å². The molecule has 1 amide bonds. The molecule has 0 radical (unpaired) electrons. The van der Waals surface area contributed by atoms with Crippen LogP contribution in [0, 0.1) is 0 Å². The minimum atomic E-state index is -4.55. The van der Waals surface area contributed by atoms with E-state index in [9.17, 15) is 18.0 Å². The smallest absolute Gasteiger partial charge is 0.301 e. The van der Waals surface area contributed by atoms with Gasteiger partial charge in [0.1, 0.15) is 6.33 Å². The summed E-state index contributed by atoms with van der Waals surface area (Å²) in [6, 6.07) is 0. The molecule has 2 aromatic rings. The summed E-state index contributed by atoms with van der Waals surface area (Å²) in [5.41, 5.74) is 0. The highest BCUT2D eigenvalue weighted by molar-refractivity contribution is 7.15. The molecular formula is C8H8F3N7OS. The zero-order valence-electron chi connectivity index (χ0n) is 9.83. The summed E-state index contributed by atoms with van der Waals surface area (Å²) in [5, 5.41) is 17.7. The zero-order chi connectivity index (χ0) is 14.6. The Labute approximate surface area is 114 Å². The van der Waals surface area contributed by atoms with Gasteiger partial charge in [-0.25, -0.2) is 4.68 Å². The number of amides is 1. The van der Waals surface area contributed by atoms with E-state index in [4.69, 9.17) is 0 Å². The van der Waals surface area contributed by atoms with Crippen LogP contribution >= 0.6 is 11.3 Å². The molecule has 0 aliphatic rings. The average molecular weight is 307 g/mol. The van der Waals surface area contributed by atoms with E-state index >= 15 is 0 Å². The molecule has 0 bridgehead atoms. The van der Waals surface area contributed by atoms with Crippen molar-refractivity contribution in [3.05, 3.63) is 11.3 Å². The van der Waals surface area contributed by atoms with Crippen molar-refractivity contribution in [1.29, 1.82) is 0 Å². The first kappa shape index (κ1) is 14.3. The fraction of sp³-hybridized carbons (Fsp3) is 0.500. The normalized spacial score (nSPS) is 11.6. The van der Waals surface area contributed by atoms with Crippen molar-refractivity contribution in [1.82, 2.24) is 30.4 Å². The third kappa shape index (κ3) is 3.94. The van der Waals surface area contributed by atoms with Gasteiger partial charge in [0.25, 0.3) is 0 Å². The Bertz CT molecular complexity index is 567. The molecule has 0 unspecified atom stereocenters. The van der Waals surface area contributed by atoms with Gasteiger partial charge in [0.2, 0.25) is 16.0 Å². The van der Waals surface area contributed by atoms with Crippen molar-refractivity contribution >= 4 is 22.4 Å². The van der Waals surface area contributed by atoms with E-state index < -0.39 is 17.1 Å². The SMILES string of the molecule is O=C(CCCn1cnnn1)Nc1nnc(C(F)(F)F)s1. The van der Waals surface area contributed by atoms with Crippen LogP contribution in [0.2, 0.25) is 0 Å². The molecule has 2 heterocycles. The van der Waals surface area contributed by atoms with Crippen molar-refractivity contribution in [3.8, 4) is 0 Å². The molecule has 0 spiro atoms. The van der Waals surface area contributed by atoms with Crippen molar-refractivity contribution in [2.45, 2.75) is 25.6 Å². The second kappa shape index (κ2) is 5.90. The van der Waals surface area contributed by atoms with Gasteiger partial charge >= 0.3 is 6.18 Å². The van der Waals surface area contributed by atoms with E-state index in [1.165, 1.54) is 11.0 Å². The number of carbonyl (C=O) groups excluding carboxylic acids is 1. The number of nitrogens with zero attached hydrogens (tertiary/aromatic N) is 6. The Morgan fingerprint density at radius 2 is 2.20 bits per heavy atom. The van der Waals surface area contributed by atoms with Crippen molar-refractivity contribution < 1.29 is 18.0 Å². The number of nitrogens with one attached hydrogen (secondary N) is 1. The van der Waals surface area contributed by atoms with Crippen LogP contribution in [0.5, 0.6) is 0 Å². The van der Waals surface area contributed by atoms with Crippen LogP contribution in [0.1, 0.15) is 17.8 Å². The molecule has 12 heteroatoms. The maximum Gasteiger partial charge on any atom is 0.445 e. The van der Waals surface area contributed by atoms with Crippen LogP contribution in [-0.2, 0) is 17.5 Å². The van der Waals surface area contributed by atoms with Crippen LogP contribution in [-0.4, -0.2) is 36.3 Å². The molecule has 108 valence electrons. The first-order valence-electron chi connectivity index (χ1n) is 5.36. The molecule has 0 fully saturated rings. The summed E-state index contributed by atoms with van der Waals surface area (Å²) in [7, 11) is 0. The second-order valence-corrected chi connectivity index (χ2v) is 4.61. The van der Waals surface area contributed by atoms with Crippen LogP contribution in [0.3, 0.4) is 0 Å². The minimum Gasteiger partial charge on any atom is -0.301 e. The van der Waals surface area contributed by atoms with E-state index in [2.05, 4.69) is 31.0 Å². The molecule has 2 rings (SSSR count). The van der Waals surface area contributed by atoms with Gasteiger partial charge in [-0.2, -0.15) is 13.2 Å². The molecule has 8 nitrogen and oxygen atoms in total. The fourth-order valence-electron chi connectivity index (χ4n) is 1.25. The molecule has 2 aromatic heterocycles. The Balaban J connectivity index is 1.78. The summed E-state index contributed by atoms with van der Waals surface area (Å²) >= 11 is 0.283. The lowest BCUT2D eigenvalue weighted by Gasteiger charge is -2.01. The Morgan fingerprint density at radius 3 is 2.80 bits per heavy atom. The molecule has 0 saturated heterocycles. The zero-order valence-corrected chi connectivity index (χ0v) is 10.6. The maximum atomic E-state index is 12.3. The Hall–Kier alpha value is -2.11. The van der Waals surface area contributed by atoms with E-state index in [0.717, 1.165) is 0 Å². The van der Waals surface area contributed by atoms with Gasteiger partial charge in [0, 0.05) is 13.0 Å². The lowest BCUT2D eigenvalue weighted by molar-refractivity contribution is -0.138. The first-order valence-corrected chi connectivity index (χ1v) is 6.18. The van der Waals surface area contributed by atoms with E-state index in [-0.39, 0.29) is 22.9 Å². The molecule has 0 atom stereocenters. The molecule has 1 N–H and O–H groups in total. The molecule has 0 aliphatic heterocycles. The van der Waals surface area contributed by atoms with Crippen molar-refractivity contribution in [2.24, 2.45) is 0 Å². The number of aryl methyl sites for hydroxylation is 1. The van der Waals surface area contributed by atoms with Crippen LogP contribution in [0.15, 0.2) is 6.33 Å². The lowest BCUT2D eigenvalue weighted by Crippen LogP contribution is -2.12. The summed E-state index contributed by atoms with van der Waals surface area (Å²) in [4.78, 5) is 11.5. The van der Waals surface area contributed by atoms with Crippen LogP contribution in [0.25, 0.3) is 0 Å². The number of halogens is 3. The van der Waals surface area contributed by atoms with Gasteiger partial charge in [-0.15, -0.1) is 15.3 Å². The Kier molecular flexibility index (Phi) is 4.22. The quantitative estimate of drug-likeness (QED) is 0.883. The van der Waals surface area contributed by atoms with Gasteiger partial charge in [-0.3, -0.25) is 4.79 Å². The molecule has 0 aliphatic carbocycles. The number of carbonyl (C=O) groups is 1. The number of rotatable bonds is 5. The minimum absolute atomic E-state index is 0.112. The highest BCUT2D eigenvalue weighted by Crippen LogP contribution is 2.32. The van der Waals surface area contributed by atoms with Gasteiger partial charge in [0.15, 0.2) is 0 Å². The third-order valence-corrected chi connectivity index (χ3v) is 2.98. The number of alkyl halides is 3. The topological polar surface area (TPSA) is 98.5 Å². The highest BCUT2D eigenvalue weighted by Gasteiger charge is 2.35. The van der Waals surface area contributed by atoms with Gasteiger partial charge in [0.05, 0.1) is 0 Å². The molecule has 0 saturated carbocycles. The largest absolute Gasteiger partial charge is 0.445 e. The van der Waals surface area contributed by atoms with Gasteiger partial charge in [-0.05, 0) is 16.8 Å². The maximum absolute atomic E-state index is 12.3. The fourth-order valence-corrected chi connectivity index (χ4v) is 1.88. The molecule has 0 aromatic carbocycles. The predicted octanol–water partition coefficient (Wildman–Crippen LogP) is 0.962. The average Bonchev–Trinajstić information content (AvgIpc) is 2.98. The van der Waals surface area contributed by atoms with Crippen LogP contribution in [0.4, 0.5) is 18.3 Å². The number of hydrogen-bond donors (Lipinski definition) is 1. The van der Waals surface area contributed by atoms with E-state index in [1.54, 1.807) is 0 Å². The van der Waals surface area contributed by atoms with Crippen molar-refractivity contribution in [3.63, 3.8) is 0 Å². The molecule has 20 heavy (non-hydrogen) atoms. The number of aromatic nitrogens is 6. The second-order valence-electron chi connectivity index (χ2n) is 3.63. The summed E-state index contributed by atoms with van der Waals surface area (Å²) in [6.45, 7) is 0.435. The monoisotopic (exact) mass is 307 g/mol. The lowest BCUT2D eigenvalue weighted by atomic mass is 10.3. The number of hydrogen-bond acceptors (Lipinski definition) is 7. The summed E-state index contributed by atoms with van der Waals surface area (Å²) in [5.74, 6) is -0.442. The Morgan fingerprint density at radius 1 is 1.40 bits per heavy atom. The third-order valence-electron chi connectivity index (χ3n) is 2.10. The predicted molar refractivity (Wildman–Crippen MR) is 60.6 cm³/mol. The van der Waals surface area contributed by atoms with Crippen molar-refractivity contribution in [2.75, 3.05) is 5.32 Å². The van der Waals surface area contributed by atoms with Gasteiger partial charge in [-0.1, -0.05) is 11.3 Å². The van der Waals surface area contributed by atoms with Crippen LogP contribution < -0.4 is 5.32 Å². The number of tetrazole rings is 1. The first-order chi connectivity index (χ1) is 9.45. The molecular weight excluding hydrogens is 299 g/mol.